The monoisotopic (exact) mass is 556 g/mol. The summed E-state index contributed by atoms with van der Waals surface area (Å²) in [5.41, 5.74) is 4.06. The number of hydrazone groups is 1. The van der Waals surface area contributed by atoms with E-state index in [0.717, 1.165) is 10.5 Å². The molecule has 31 heavy (non-hydrogen) atoms. The third-order valence-corrected chi connectivity index (χ3v) is 6.44. The van der Waals surface area contributed by atoms with Crippen LogP contribution in [-0.2, 0) is 11.4 Å². The average Bonchev–Trinajstić information content (AvgIpc) is 2.74. The highest BCUT2D eigenvalue weighted by atomic mass is 79.9. The number of carbonyl (C=O) groups is 1. The zero-order valence-electron chi connectivity index (χ0n) is 15.9. The first-order valence-electron chi connectivity index (χ1n) is 8.98. The molecule has 0 bridgehead atoms. The second kappa shape index (κ2) is 11.8. The molecule has 0 aliphatic heterocycles. The normalized spacial score (nSPS) is 11.0. The van der Waals surface area contributed by atoms with Gasteiger partial charge in [0, 0.05) is 20.5 Å². The van der Waals surface area contributed by atoms with Crippen LogP contribution in [0.5, 0.6) is 5.75 Å². The van der Waals surface area contributed by atoms with Gasteiger partial charge in [0.2, 0.25) is 5.91 Å². The first-order valence-corrected chi connectivity index (χ1v) is 11.9. The molecule has 0 fully saturated rings. The summed E-state index contributed by atoms with van der Waals surface area (Å²) in [6, 6.07) is 18.2. The van der Waals surface area contributed by atoms with Crippen molar-refractivity contribution in [1.29, 1.82) is 0 Å². The first kappa shape index (κ1) is 24.0. The van der Waals surface area contributed by atoms with Gasteiger partial charge in [-0.3, -0.25) is 4.79 Å². The second-order valence-corrected chi connectivity index (χ2v) is 9.38. The van der Waals surface area contributed by atoms with E-state index in [1.807, 2.05) is 30.3 Å². The van der Waals surface area contributed by atoms with E-state index in [9.17, 15) is 4.79 Å². The van der Waals surface area contributed by atoms with Crippen LogP contribution < -0.4 is 10.2 Å². The van der Waals surface area contributed by atoms with Gasteiger partial charge < -0.3 is 4.74 Å². The third-order valence-electron chi connectivity index (χ3n) is 3.94. The fourth-order valence-electron chi connectivity index (χ4n) is 2.45. The lowest BCUT2D eigenvalue weighted by molar-refractivity contribution is -0.118. The van der Waals surface area contributed by atoms with Gasteiger partial charge in [0.25, 0.3) is 0 Å². The van der Waals surface area contributed by atoms with E-state index in [1.54, 1.807) is 30.3 Å². The Kier molecular flexibility index (Phi) is 9.11. The van der Waals surface area contributed by atoms with Gasteiger partial charge in [-0.1, -0.05) is 53.0 Å². The van der Waals surface area contributed by atoms with Crippen LogP contribution in [0.3, 0.4) is 0 Å². The number of carbonyl (C=O) groups excluding carboxylic acids is 1. The van der Waals surface area contributed by atoms with E-state index < -0.39 is 0 Å². The fraction of sp³-hybridized carbons (Fsp3) is 0.0909. The third kappa shape index (κ3) is 7.44. The van der Waals surface area contributed by atoms with E-state index in [0.29, 0.717) is 30.9 Å². The molecule has 3 aromatic carbocycles. The highest BCUT2D eigenvalue weighted by molar-refractivity contribution is 9.10. The topological polar surface area (TPSA) is 50.7 Å². The molecule has 0 heterocycles. The first-order chi connectivity index (χ1) is 14.9. The standard InChI is InChI=1S/C22H16BrCl3N2O2S/c23-18-9-14(10-20(26)22(18)30-12-15-3-1-2-4-19(15)25)11-27-28-21(29)13-31-17-7-5-16(24)6-8-17/h1-11H,12-13H2,(H,28,29)/b27-11-. The summed E-state index contributed by atoms with van der Waals surface area (Å²) in [7, 11) is 0. The fourth-order valence-corrected chi connectivity index (χ4v) is 4.44. The molecule has 0 aliphatic carbocycles. The molecule has 0 radical (unpaired) electrons. The number of thioether (sulfide) groups is 1. The van der Waals surface area contributed by atoms with Crippen molar-refractivity contribution in [2.45, 2.75) is 11.5 Å². The minimum absolute atomic E-state index is 0.221. The Labute approximate surface area is 208 Å². The summed E-state index contributed by atoms with van der Waals surface area (Å²) in [5.74, 6) is 0.515. The molecule has 3 rings (SSSR count). The number of amides is 1. The lowest BCUT2D eigenvalue weighted by atomic mass is 10.2. The minimum atomic E-state index is -0.221. The predicted octanol–water partition coefficient (Wildman–Crippen LogP) is 7.23. The Morgan fingerprint density at radius 1 is 1.06 bits per heavy atom. The van der Waals surface area contributed by atoms with Gasteiger partial charge in [0.15, 0.2) is 5.75 Å². The van der Waals surface area contributed by atoms with Crippen LogP contribution in [-0.4, -0.2) is 17.9 Å². The molecular weight excluding hydrogens is 543 g/mol. The van der Waals surface area contributed by atoms with Gasteiger partial charge in [0.05, 0.1) is 21.5 Å². The van der Waals surface area contributed by atoms with Gasteiger partial charge in [-0.15, -0.1) is 11.8 Å². The van der Waals surface area contributed by atoms with Crippen LogP contribution in [0.2, 0.25) is 15.1 Å². The molecule has 0 saturated heterocycles. The largest absolute Gasteiger partial charge is 0.486 e. The van der Waals surface area contributed by atoms with Crippen LogP contribution in [0.1, 0.15) is 11.1 Å². The van der Waals surface area contributed by atoms with Crippen molar-refractivity contribution >= 4 is 74.6 Å². The molecule has 0 atom stereocenters. The maximum Gasteiger partial charge on any atom is 0.250 e. The highest BCUT2D eigenvalue weighted by Crippen LogP contribution is 2.35. The highest BCUT2D eigenvalue weighted by Gasteiger charge is 2.10. The van der Waals surface area contributed by atoms with E-state index in [2.05, 4.69) is 26.5 Å². The average molecular weight is 559 g/mol. The van der Waals surface area contributed by atoms with E-state index in [-0.39, 0.29) is 18.3 Å². The van der Waals surface area contributed by atoms with Crippen LogP contribution in [0, 0.1) is 0 Å². The van der Waals surface area contributed by atoms with E-state index in [4.69, 9.17) is 39.5 Å². The zero-order valence-corrected chi connectivity index (χ0v) is 20.6. The number of ether oxygens (including phenoxy) is 1. The smallest absolute Gasteiger partial charge is 0.250 e. The number of nitrogens with zero attached hydrogens (tertiary/aromatic N) is 1. The molecule has 1 N–H and O–H groups in total. The van der Waals surface area contributed by atoms with Crippen molar-refractivity contribution in [3.63, 3.8) is 0 Å². The summed E-state index contributed by atoms with van der Waals surface area (Å²) in [6.07, 6.45) is 1.51. The van der Waals surface area contributed by atoms with Crippen LogP contribution in [0.4, 0.5) is 0 Å². The van der Waals surface area contributed by atoms with Crippen molar-refractivity contribution in [1.82, 2.24) is 5.43 Å². The quantitative estimate of drug-likeness (QED) is 0.180. The summed E-state index contributed by atoms with van der Waals surface area (Å²) in [5, 5.41) is 5.68. The Morgan fingerprint density at radius 3 is 2.52 bits per heavy atom. The van der Waals surface area contributed by atoms with Gasteiger partial charge >= 0.3 is 0 Å². The molecule has 0 aromatic heterocycles. The molecule has 1 amide bonds. The van der Waals surface area contributed by atoms with Gasteiger partial charge in [-0.2, -0.15) is 5.10 Å². The van der Waals surface area contributed by atoms with Crippen LogP contribution in [0.25, 0.3) is 0 Å². The van der Waals surface area contributed by atoms with Crippen LogP contribution >= 0.6 is 62.5 Å². The Balaban J connectivity index is 1.54. The number of benzene rings is 3. The molecule has 160 valence electrons. The number of hydrogen-bond acceptors (Lipinski definition) is 4. The number of rotatable bonds is 8. The number of halogens is 4. The Bertz CT molecular complexity index is 1070. The van der Waals surface area contributed by atoms with Crippen molar-refractivity contribution < 1.29 is 9.53 Å². The molecule has 0 spiro atoms. The molecule has 4 nitrogen and oxygen atoms in total. The maximum atomic E-state index is 12.0. The maximum absolute atomic E-state index is 12.0. The molecule has 0 unspecified atom stereocenters. The predicted molar refractivity (Wildman–Crippen MR) is 133 cm³/mol. The number of hydrogen-bond donors (Lipinski definition) is 1. The van der Waals surface area contributed by atoms with E-state index in [1.165, 1.54) is 18.0 Å². The Morgan fingerprint density at radius 2 is 1.81 bits per heavy atom. The van der Waals surface area contributed by atoms with Gasteiger partial charge in [0.1, 0.15) is 6.61 Å². The van der Waals surface area contributed by atoms with Gasteiger partial charge in [-0.25, -0.2) is 5.43 Å². The van der Waals surface area contributed by atoms with E-state index >= 15 is 0 Å². The van der Waals surface area contributed by atoms with Crippen molar-refractivity contribution in [3.05, 3.63) is 91.3 Å². The van der Waals surface area contributed by atoms with Crippen molar-refractivity contribution in [3.8, 4) is 5.75 Å². The second-order valence-electron chi connectivity index (χ2n) is 6.23. The van der Waals surface area contributed by atoms with Gasteiger partial charge in [-0.05, 0) is 64.0 Å². The molecule has 9 heteroatoms. The summed E-state index contributed by atoms with van der Waals surface area (Å²) >= 11 is 23.2. The summed E-state index contributed by atoms with van der Waals surface area (Å²) < 4.78 is 6.49. The lowest BCUT2D eigenvalue weighted by Crippen LogP contribution is -2.19. The molecule has 3 aromatic rings. The molecule has 0 saturated carbocycles. The number of nitrogens with one attached hydrogen (secondary N) is 1. The SMILES string of the molecule is O=C(CSc1ccc(Cl)cc1)N/N=C\c1cc(Cl)c(OCc2ccccc2Cl)c(Br)c1. The summed E-state index contributed by atoms with van der Waals surface area (Å²) in [6.45, 7) is 0.284. The zero-order chi connectivity index (χ0) is 22.2. The van der Waals surface area contributed by atoms with Crippen LogP contribution in [0.15, 0.2) is 75.1 Å². The Hall–Kier alpha value is -1.70. The van der Waals surface area contributed by atoms with Crippen molar-refractivity contribution in [2.75, 3.05) is 5.75 Å². The lowest BCUT2D eigenvalue weighted by Gasteiger charge is -2.12. The molecule has 0 aliphatic rings. The van der Waals surface area contributed by atoms with Crippen molar-refractivity contribution in [2.24, 2.45) is 5.10 Å². The summed E-state index contributed by atoms with van der Waals surface area (Å²) in [4.78, 5) is 12.9. The molecular formula is C22H16BrCl3N2O2S. The minimum Gasteiger partial charge on any atom is -0.486 e.